The van der Waals surface area contributed by atoms with Crippen LogP contribution in [0.15, 0.2) is 22.7 Å². The van der Waals surface area contributed by atoms with Gasteiger partial charge >= 0.3 is 0 Å². The van der Waals surface area contributed by atoms with Crippen LogP contribution in [-0.4, -0.2) is 13.1 Å². The van der Waals surface area contributed by atoms with E-state index < -0.39 is 0 Å². The number of hydrogen-bond acceptors (Lipinski definition) is 2. The second kappa shape index (κ2) is 5.52. The fraction of sp³-hybridized carbons (Fsp3) is 0.600. The highest BCUT2D eigenvalue weighted by Crippen LogP contribution is 2.42. The summed E-state index contributed by atoms with van der Waals surface area (Å²) in [7, 11) is 0. The van der Waals surface area contributed by atoms with Gasteiger partial charge < -0.3 is 10.6 Å². The number of halogens is 1. The van der Waals surface area contributed by atoms with E-state index in [1.165, 1.54) is 44.5 Å². The Bertz CT molecular complexity index is 403. The van der Waals surface area contributed by atoms with E-state index in [-0.39, 0.29) is 0 Å². The highest BCUT2D eigenvalue weighted by atomic mass is 79.9. The van der Waals surface area contributed by atoms with Crippen LogP contribution in [0.1, 0.15) is 39.5 Å². The molecule has 1 aromatic rings. The van der Waals surface area contributed by atoms with E-state index in [1.807, 2.05) is 6.07 Å². The van der Waals surface area contributed by atoms with E-state index in [2.05, 4.69) is 46.8 Å². The van der Waals surface area contributed by atoms with Crippen LogP contribution in [0.2, 0.25) is 0 Å². The maximum atomic E-state index is 5.95. The van der Waals surface area contributed by atoms with Crippen molar-refractivity contribution in [3.05, 3.63) is 22.7 Å². The van der Waals surface area contributed by atoms with Gasteiger partial charge in [-0.1, -0.05) is 26.7 Å². The molecule has 1 saturated heterocycles. The lowest BCUT2D eigenvalue weighted by atomic mass is 9.72. The first-order valence-electron chi connectivity index (χ1n) is 6.90. The summed E-state index contributed by atoms with van der Waals surface area (Å²) in [5.74, 6) is 0. The molecule has 0 spiro atoms. The zero-order valence-corrected chi connectivity index (χ0v) is 13.0. The Kier molecular flexibility index (Phi) is 4.21. The number of hydrogen-bond donors (Lipinski definition) is 1. The van der Waals surface area contributed by atoms with Crippen LogP contribution < -0.4 is 10.6 Å². The van der Waals surface area contributed by atoms with Gasteiger partial charge in [-0.15, -0.1) is 0 Å². The summed E-state index contributed by atoms with van der Waals surface area (Å²) in [5, 5.41) is 0. The standard InChI is InChI=1S/C15H23BrN2/c1-3-7-15(8-4-2)10-18(11-15)12-5-6-13(16)14(17)9-12/h5-6,9H,3-4,7-8,10-11,17H2,1-2H3. The van der Waals surface area contributed by atoms with Crippen molar-refractivity contribution in [3.8, 4) is 0 Å². The van der Waals surface area contributed by atoms with Gasteiger partial charge in [0.15, 0.2) is 0 Å². The van der Waals surface area contributed by atoms with Crippen molar-refractivity contribution < 1.29 is 0 Å². The highest BCUT2D eigenvalue weighted by molar-refractivity contribution is 9.10. The fourth-order valence-electron chi connectivity index (χ4n) is 3.18. The summed E-state index contributed by atoms with van der Waals surface area (Å²) in [5.41, 5.74) is 8.60. The third-order valence-corrected chi connectivity index (χ3v) is 4.68. The van der Waals surface area contributed by atoms with Gasteiger partial charge in [-0.25, -0.2) is 0 Å². The van der Waals surface area contributed by atoms with Crippen LogP contribution in [0.25, 0.3) is 0 Å². The molecule has 1 aromatic carbocycles. The first kappa shape index (κ1) is 13.7. The number of nitrogen functional groups attached to an aromatic ring is 1. The van der Waals surface area contributed by atoms with Crippen LogP contribution in [0.3, 0.4) is 0 Å². The van der Waals surface area contributed by atoms with E-state index in [0.29, 0.717) is 5.41 Å². The summed E-state index contributed by atoms with van der Waals surface area (Å²) < 4.78 is 0.986. The molecule has 100 valence electrons. The molecule has 0 aromatic heterocycles. The number of nitrogens with two attached hydrogens (primary N) is 1. The zero-order valence-electron chi connectivity index (χ0n) is 11.4. The van der Waals surface area contributed by atoms with Crippen molar-refractivity contribution in [2.24, 2.45) is 5.41 Å². The monoisotopic (exact) mass is 310 g/mol. The van der Waals surface area contributed by atoms with Crippen LogP contribution in [0.4, 0.5) is 11.4 Å². The van der Waals surface area contributed by atoms with Crippen molar-refractivity contribution in [2.45, 2.75) is 39.5 Å². The average Bonchev–Trinajstić information content (AvgIpc) is 2.29. The third-order valence-electron chi connectivity index (χ3n) is 3.96. The number of nitrogens with zero attached hydrogens (tertiary/aromatic N) is 1. The summed E-state index contributed by atoms with van der Waals surface area (Å²) in [6.07, 6.45) is 5.28. The molecule has 1 heterocycles. The molecule has 1 aliphatic heterocycles. The summed E-state index contributed by atoms with van der Waals surface area (Å²) in [4.78, 5) is 2.45. The lowest BCUT2D eigenvalue weighted by Crippen LogP contribution is -2.56. The Hall–Kier alpha value is -0.700. The molecule has 2 rings (SSSR count). The molecule has 0 amide bonds. The molecule has 2 N–H and O–H groups in total. The smallest absolute Gasteiger partial charge is 0.0479 e. The maximum absolute atomic E-state index is 5.95. The van der Waals surface area contributed by atoms with Gasteiger partial charge in [0, 0.05) is 34.4 Å². The van der Waals surface area contributed by atoms with Crippen molar-refractivity contribution in [1.82, 2.24) is 0 Å². The Morgan fingerprint density at radius 2 is 1.83 bits per heavy atom. The zero-order chi connectivity index (χ0) is 13.2. The van der Waals surface area contributed by atoms with Crippen LogP contribution in [-0.2, 0) is 0 Å². The highest BCUT2D eigenvalue weighted by Gasteiger charge is 2.41. The predicted molar refractivity (Wildman–Crippen MR) is 83.0 cm³/mol. The van der Waals surface area contributed by atoms with Gasteiger partial charge in [0.25, 0.3) is 0 Å². The molecular formula is C15H23BrN2. The molecule has 1 fully saturated rings. The SMILES string of the molecule is CCCC1(CCC)CN(c2ccc(Br)c(N)c2)C1. The minimum absolute atomic E-state index is 0.561. The molecule has 18 heavy (non-hydrogen) atoms. The normalized spacial score (nSPS) is 17.6. The molecule has 0 bridgehead atoms. The second-order valence-electron chi connectivity index (χ2n) is 5.56. The van der Waals surface area contributed by atoms with Gasteiger partial charge in [-0.3, -0.25) is 0 Å². The molecule has 0 radical (unpaired) electrons. The largest absolute Gasteiger partial charge is 0.398 e. The Morgan fingerprint density at radius 3 is 2.33 bits per heavy atom. The Balaban J connectivity index is 2.04. The molecule has 1 aliphatic rings. The van der Waals surface area contributed by atoms with E-state index in [4.69, 9.17) is 5.73 Å². The maximum Gasteiger partial charge on any atom is 0.0479 e. The average molecular weight is 311 g/mol. The van der Waals surface area contributed by atoms with E-state index >= 15 is 0 Å². The first-order valence-corrected chi connectivity index (χ1v) is 7.69. The Morgan fingerprint density at radius 1 is 1.22 bits per heavy atom. The van der Waals surface area contributed by atoms with Gasteiger partial charge in [0.1, 0.15) is 0 Å². The molecule has 0 atom stereocenters. The van der Waals surface area contributed by atoms with Gasteiger partial charge in [0.2, 0.25) is 0 Å². The molecule has 0 unspecified atom stereocenters. The van der Waals surface area contributed by atoms with E-state index in [0.717, 1.165) is 10.2 Å². The quantitative estimate of drug-likeness (QED) is 0.815. The van der Waals surface area contributed by atoms with Crippen LogP contribution in [0.5, 0.6) is 0 Å². The van der Waals surface area contributed by atoms with Crippen LogP contribution in [0, 0.1) is 5.41 Å². The minimum atomic E-state index is 0.561. The second-order valence-corrected chi connectivity index (χ2v) is 6.42. The lowest BCUT2D eigenvalue weighted by molar-refractivity contribution is 0.173. The predicted octanol–water partition coefficient (Wildman–Crippen LogP) is 4.44. The molecule has 0 aliphatic carbocycles. The summed E-state index contributed by atoms with van der Waals surface area (Å²) >= 11 is 3.45. The number of benzene rings is 1. The van der Waals surface area contributed by atoms with E-state index in [1.54, 1.807) is 0 Å². The van der Waals surface area contributed by atoms with Gasteiger partial charge in [-0.2, -0.15) is 0 Å². The molecule has 0 saturated carbocycles. The third kappa shape index (κ3) is 2.66. The summed E-state index contributed by atoms with van der Waals surface area (Å²) in [6, 6.07) is 6.28. The Labute approximate surface area is 119 Å². The molecule has 3 heteroatoms. The van der Waals surface area contributed by atoms with Crippen molar-refractivity contribution in [1.29, 1.82) is 0 Å². The number of anilines is 2. The van der Waals surface area contributed by atoms with E-state index in [9.17, 15) is 0 Å². The van der Waals surface area contributed by atoms with Gasteiger partial charge in [-0.05, 0) is 47.0 Å². The van der Waals surface area contributed by atoms with Crippen molar-refractivity contribution in [3.63, 3.8) is 0 Å². The van der Waals surface area contributed by atoms with Crippen LogP contribution >= 0.6 is 15.9 Å². The first-order chi connectivity index (χ1) is 8.60. The van der Waals surface area contributed by atoms with Crippen molar-refractivity contribution in [2.75, 3.05) is 23.7 Å². The summed E-state index contributed by atoms with van der Waals surface area (Å²) in [6.45, 7) is 6.96. The molecule has 2 nitrogen and oxygen atoms in total. The van der Waals surface area contributed by atoms with Crippen molar-refractivity contribution >= 4 is 27.3 Å². The number of rotatable bonds is 5. The van der Waals surface area contributed by atoms with Gasteiger partial charge in [0.05, 0.1) is 0 Å². The fourth-order valence-corrected chi connectivity index (χ4v) is 3.42. The lowest BCUT2D eigenvalue weighted by Gasteiger charge is -2.52. The topological polar surface area (TPSA) is 29.3 Å². The molecular weight excluding hydrogens is 288 g/mol. The minimum Gasteiger partial charge on any atom is -0.398 e.